The van der Waals surface area contributed by atoms with Gasteiger partial charge in [0.2, 0.25) is 0 Å². The van der Waals surface area contributed by atoms with Crippen LogP contribution in [0.2, 0.25) is 0 Å². The number of aliphatic hydroxyl groups excluding tert-OH is 2. The second-order valence-corrected chi connectivity index (χ2v) is 3.62. The minimum absolute atomic E-state index is 0.274. The standard InChI is InChI=1S/C6H14O2.H2O4S/c1-5(7)3-4-6(2)8;1-5(2,3)4/h5-8H,3-4H2,1-2H3;(H2,1,2,3,4)/t5-,6-;/m1./s1. The lowest BCUT2D eigenvalue weighted by atomic mass is 10.1. The molecule has 0 aromatic heterocycles. The Bertz CT molecular complexity index is 179. The number of rotatable bonds is 3. The van der Waals surface area contributed by atoms with Crippen LogP contribution >= 0.6 is 0 Å². The third-order valence-corrected chi connectivity index (χ3v) is 1.00. The van der Waals surface area contributed by atoms with E-state index in [2.05, 4.69) is 0 Å². The van der Waals surface area contributed by atoms with Crippen molar-refractivity contribution in [3.63, 3.8) is 0 Å². The van der Waals surface area contributed by atoms with E-state index >= 15 is 0 Å². The number of hydrogen-bond donors (Lipinski definition) is 4. The Hall–Kier alpha value is -0.210. The van der Waals surface area contributed by atoms with E-state index in [1.54, 1.807) is 13.8 Å². The first-order valence-corrected chi connectivity index (χ1v) is 5.08. The number of aliphatic hydroxyl groups is 2. The summed E-state index contributed by atoms with van der Waals surface area (Å²) >= 11 is 0. The monoisotopic (exact) mass is 216 g/mol. The lowest BCUT2D eigenvalue weighted by molar-refractivity contribution is 0.133. The Kier molecular flexibility index (Phi) is 8.48. The van der Waals surface area contributed by atoms with E-state index in [-0.39, 0.29) is 12.2 Å². The molecule has 0 aliphatic carbocycles. The molecule has 0 spiro atoms. The third kappa shape index (κ3) is 49.3. The molecule has 0 fully saturated rings. The zero-order valence-corrected chi connectivity index (χ0v) is 8.40. The highest BCUT2D eigenvalue weighted by Gasteiger charge is 1.98. The maximum absolute atomic E-state index is 8.74. The van der Waals surface area contributed by atoms with E-state index in [0.29, 0.717) is 12.8 Å². The normalized spacial score (nSPS) is 15.5. The zero-order valence-electron chi connectivity index (χ0n) is 7.58. The second-order valence-electron chi connectivity index (χ2n) is 2.72. The van der Waals surface area contributed by atoms with Crippen LogP contribution in [0.4, 0.5) is 0 Å². The smallest absolute Gasteiger partial charge is 0.393 e. The molecule has 7 heteroatoms. The van der Waals surface area contributed by atoms with Crippen LogP contribution in [0.25, 0.3) is 0 Å². The van der Waals surface area contributed by atoms with Crippen molar-refractivity contribution in [2.45, 2.75) is 38.9 Å². The van der Waals surface area contributed by atoms with E-state index in [9.17, 15) is 0 Å². The largest absolute Gasteiger partial charge is 0.394 e. The average Bonchev–Trinajstić information content (AvgIpc) is 1.79. The summed E-state index contributed by atoms with van der Waals surface area (Å²) in [7, 11) is -4.67. The molecule has 0 bridgehead atoms. The van der Waals surface area contributed by atoms with E-state index in [4.69, 9.17) is 27.7 Å². The van der Waals surface area contributed by atoms with Crippen molar-refractivity contribution < 1.29 is 27.7 Å². The van der Waals surface area contributed by atoms with Gasteiger partial charge in [0.05, 0.1) is 12.2 Å². The van der Waals surface area contributed by atoms with Gasteiger partial charge in [0, 0.05) is 0 Å². The molecule has 13 heavy (non-hydrogen) atoms. The van der Waals surface area contributed by atoms with Gasteiger partial charge in [-0.1, -0.05) is 0 Å². The Morgan fingerprint density at radius 2 is 1.15 bits per heavy atom. The van der Waals surface area contributed by atoms with Crippen molar-refractivity contribution in [2.75, 3.05) is 0 Å². The van der Waals surface area contributed by atoms with Gasteiger partial charge in [-0.3, -0.25) is 9.11 Å². The summed E-state index contributed by atoms with van der Waals surface area (Å²) in [4.78, 5) is 0. The molecule has 0 aliphatic heterocycles. The van der Waals surface area contributed by atoms with Crippen LogP contribution in [0.3, 0.4) is 0 Å². The van der Waals surface area contributed by atoms with E-state index in [0.717, 1.165) is 0 Å². The molecule has 0 heterocycles. The molecular formula is C6H16O6S. The second kappa shape index (κ2) is 7.22. The van der Waals surface area contributed by atoms with Gasteiger partial charge in [0.1, 0.15) is 0 Å². The van der Waals surface area contributed by atoms with Crippen LogP contribution in [0, 0.1) is 0 Å². The van der Waals surface area contributed by atoms with Crippen molar-refractivity contribution in [3.05, 3.63) is 0 Å². The van der Waals surface area contributed by atoms with Crippen LogP contribution in [0.5, 0.6) is 0 Å². The topological polar surface area (TPSA) is 115 Å². The van der Waals surface area contributed by atoms with E-state index in [1.807, 2.05) is 0 Å². The van der Waals surface area contributed by atoms with Gasteiger partial charge < -0.3 is 10.2 Å². The summed E-state index contributed by atoms with van der Waals surface area (Å²) in [5.74, 6) is 0. The molecule has 0 rings (SSSR count). The molecule has 0 saturated heterocycles. The first kappa shape index (κ1) is 15.3. The molecule has 0 amide bonds. The van der Waals surface area contributed by atoms with Crippen molar-refractivity contribution >= 4 is 10.4 Å². The molecule has 6 nitrogen and oxygen atoms in total. The summed E-state index contributed by atoms with van der Waals surface area (Å²) in [6.45, 7) is 3.45. The summed E-state index contributed by atoms with van der Waals surface area (Å²) in [6, 6.07) is 0. The molecule has 2 atom stereocenters. The van der Waals surface area contributed by atoms with Gasteiger partial charge in [0.25, 0.3) is 0 Å². The predicted molar refractivity (Wildman–Crippen MR) is 46.8 cm³/mol. The molecule has 82 valence electrons. The molecule has 0 aromatic rings. The molecule has 0 aromatic carbocycles. The summed E-state index contributed by atoms with van der Waals surface area (Å²) < 4.78 is 31.6. The van der Waals surface area contributed by atoms with Crippen LogP contribution in [-0.2, 0) is 10.4 Å². The van der Waals surface area contributed by atoms with Gasteiger partial charge >= 0.3 is 10.4 Å². The fourth-order valence-electron chi connectivity index (χ4n) is 0.482. The Labute approximate surface area is 77.8 Å². The van der Waals surface area contributed by atoms with E-state index in [1.165, 1.54) is 0 Å². The fraction of sp³-hybridized carbons (Fsp3) is 1.00. The van der Waals surface area contributed by atoms with E-state index < -0.39 is 10.4 Å². The quantitative estimate of drug-likeness (QED) is 0.489. The van der Waals surface area contributed by atoms with Crippen molar-refractivity contribution in [1.29, 1.82) is 0 Å². The van der Waals surface area contributed by atoms with Gasteiger partial charge in [-0.2, -0.15) is 8.42 Å². The Morgan fingerprint density at radius 3 is 1.23 bits per heavy atom. The average molecular weight is 216 g/mol. The lowest BCUT2D eigenvalue weighted by Crippen LogP contribution is -2.06. The molecular weight excluding hydrogens is 200 g/mol. The van der Waals surface area contributed by atoms with Crippen LogP contribution in [0.1, 0.15) is 26.7 Å². The molecule has 0 aliphatic rings. The van der Waals surface area contributed by atoms with Crippen LogP contribution in [0.15, 0.2) is 0 Å². The molecule has 0 saturated carbocycles. The van der Waals surface area contributed by atoms with Gasteiger partial charge in [-0.05, 0) is 26.7 Å². The zero-order chi connectivity index (χ0) is 11.1. The fourth-order valence-corrected chi connectivity index (χ4v) is 0.482. The highest BCUT2D eigenvalue weighted by Crippen LogP contribution is 1.98. The molecule has 0 radical (unpaired) electrons. The Balaban J connectivity index is 0. The highest BCUT2D eigenvalue weighted by molar-refractivity contribution is 7.79. The van der Waals surface area contributed by atoms with Gasteiger partial charge in [0.15, 0.2) is 0 Å². The first-order valence-electron chi connectivity index (χ1n) is 3.69. The lowest BCUT2D eigenvalue weighted by Gasteiger charge is -2.04. The summed E-state index contributed by atoms with van der Waals surface area (Å²) in [6.07, 6.45) is 0.837. The minimum Gasteiger partial charge on any atom is -0.393 e. The maximum atomic E-state index is 8.74. The SMILES string of the molecule is C[C@@H](O)CC[C@@H](C)O.O=S(=O)(O)O. The molecule has 4 N–H and O–H groups in total. The maximum Gasteiger partial charge on any atom is 0.394 e. The highest BCUT2D eigenvalue weighted by atomic mass is 32.3. The third-order valence-electron chi connectivity index (χ3n) is 1.00. The first-order chi connectivity index (χ1) is 5.63. The van der Waals surface area contributed by atoms with Crippen LogP contribution in [-0.4, -0.2) is 39.9 Å². The predicted octanol–water partition coefficient (Wildman–Crippen LogP) is -0.125. The minimum atomic E-state index is -4.67. The Morgan fingerprint density at radius 1 is 1.00 bits per heavy atom. The summed E-state index contributed by atoms with van der Waals surface area (Å²) in [5.41, 5.74) is 0. The van der Waals surface area contributed by atoms with Crippen molar-refractivity contribution in [1.82, 2.24) is 0 Å². The van der Waals surface area contributed by atoms with Gasteiger partial charge in [-0.25, -0.2) is 0 Å². The van der Waals surface area contributed by atoms with Gasteiger partial charge in [-0.15, -0.1) is 0 Å². The van der Waals surface area contributed by atoms with Crippen molar-refractivity contribution in [2.24, 2.45) is 0 Å². The van der Waals surface area contributed by atoms with Crippen molar-refractivity contribution in [3.8, 4) is 0 Å². The summed E-state index contributed by atoms with van der Waals surface area (Å²) in [5, 5.41) is 17.4. The molecule has 0 unspecified atom stereocenters. The van der Waals surface area contributed by atoms with Crippen LogP contribution < -0.4 is 0 Å². The number of hydrogen-bond acceptors (Lipinski definition) is 4.